The highest BCUT2D eigenvalue weighted by molar-refractivity contribution is 6.31. The van der Waals surface area contributed by atoms with Gasteiger partial charge in [0, 0.05) is 24.5 Å². The highest BCUT2D eigenvalue weighted by Gasteiger charge is 2.15. The fraction of sp³-hybridized carbons (Fsp3) is 0.467. The minimum atomic E-state index is 0.477. The van der Waals surface area contributed by atoms with Crippen molar-refractivity contribution >= 4 is 23.0 Å². The summed E-state index contributed by atoms with van der Waals surface area (Å²) in [4.78, 5) is 6.59. The predicted molar refractivity (Wildman–Crippen MR) is 85.5 cm³/mol. The van der Waals surface area contributed by atoms with E-state index in [1.807, 2.05) is 25.1 Å². The number of aryl methyl sites for hydroxylation is 1. The van der Waals surface area contributed by atoms with Crippen molar-refractivity contribution in [3.8, 4) is 0 Å². The Morgan fingerprint density at radius 1 is 1.32 bits per heavy atom. The van der Waals surface area contributed by atoms with Gasteiger partial charge in [-0.2, -0.15) is 4.98 Å². The lowest BCUT2D eigenvalue weighted by Crippen LogP contribution is -2.36. The molecule has 1 aliphatic heterocycles. The smallest absolute Gasteiger partial charge is 0.245 e. The summed E-state index contributed by atoms with van der Waals surface area (Å²) in [6.45, 7) is 5.70. The molecule has 3 rings (SSSR count). The Bertz CT molecular complexity index is 626. The molecule has 118 valence electrons. The number of morpholine rings is 1. The summed E-state index contributed by atoms with van der Waals surface area (Å²) in [5.41, 5.74) is 2.08. The summed E-state index contributed by atoms with van der Waals surface area (Å²) in [6, 6.07) is 5.85. The van der Waals surface area contributed by atoms with Crippen LogP contribution >= 0.6 is 11.6 Å². The first-order valence-corrected chi connectivity index (χ1v) is 7.81. The molecule has 0 spiro atoms. The van der Waals surface area contributed by atoms with Crippen LogP contribution in [0, 0.1) is 0 Å². The number of ether oxygens (including phenoxy) is 1. The summed E-state index contributed by atoms with van der Waals surface area (Å²) in [5.74, 6) is 1.29. The van der Waals surface area contributed by atoms with Crippen molar-refractivity contribution in [1.82, 2.24) is 10.1 Å². The van der Waals surface area contributed by atoms with Gasteiger partial charge in [0.25, 0.3) is 0 Å². The van der Waals surface area contributed by atoms with E-state index in [1.165, 1.54) is 0 Å². The van der Waals surface area contributed by atoms with Crippen LogP contribution in [0.5, 0.6) is 0 Å². The number of anilines is 2. The molecule has 1 N–H and O–H groups in total. The van der Waals surface area contributed by atoms with Crippen LogP contribution < -0.4 is 10.2 Å². The SMILES string of the molecule is CCc1noc(CNc2cc(Cl)ccc2N2CCOCC2)n1. The van der Waals surface area contributed by atoms with Crippen LogP contribution in [0.25, 0.3) is 0 Å². The largest absolute Gasteiger partial charge is 0.378 e. The predicted octanol–water partition coefficient (Wildman–Crippen LogP) is 2.73. The normalized spacial score (nSPS) is 15.1. The van der Waals surface area contributed by atoms with Crippen molar-refractivity contribution < 1.29 is 9.26 Å². The molecule has 1 saturated heterocycles. The number of rotatable bonds is 5. The van der Waals surface area contributed by atoms with E-state index in [4.69, 9.17) is 20.9 Å². The molecule has 1 aromatic heterocycles. The van der Waals surface area contributed by atoms with Crippen molar-refractivity contribution in [2.75, 3.05) is 36.5 Å². The standard InChI is InChI=1S/C15H19ClN4O2/c1-2-14-18-15(22-19-14)10-17-12-9-11(16)3-4-13(12)20-5-7-21-8-6-20/h3-4,9,17H,2,5-8,10H2,1H3. The van der Waals surface area contributed by atoms with Gasteiger partial charge < -0.3 is 19.5 Å². The third-order valence-corrected chi connectivity index (χ3v) is 3.80. The maximum atomic E-state index is 6.13. The summed E-state index contributed by atoms with van der Waals surface area (Å²) < 4.78 is 10.6. The molecular weight excluding hydrogens is 304 g/mol. The second-order valence-electron chi connectivity index (χ2n) is 5.07. The molecular formula is C15H19ClN4O2. The molecule has 0 bridgehead atoms. The fourth-order valence-corrected chi connectivity index (χ4v) is 2.58. The number of aromatic nitrogens is 2. The van der Waals surface area contributed by atoms with Gasteiger partial charge in [-0.3, -0.25) is 0 Å². The Kier molecular flexibility index (Phi) is 4.80. The average Bonchev–Trinajstić information content (AvgIpc) is 3.02. The van der Waals surface area contributed by atoms with E-state index in [1.54, 1.807) is 0 Å². The lowest BCUT2D eigenvalue weighted by molar-refractivity contribution is 0.123. The Morgan fingerprint density at radius 3 is 2.86 bits per heavy atom. The fourth-order valence-electron chi connectivity index (χ4n) is 2.41. The van der Waals surface area contributed by atoms with E-state index in [2.05, 4.69) is 20.4 Å². The van der Waals surface area contributed by atoms with Crippen LogP contribution in [0.15, 0.2) is 22.7 Å². The summed E-state index contributed by atoms with van der Waals surface area (Å²) in [5, 5.41) is 7.93. The van der Waals surface area contributed by atoms with Gasteiger partial charge in [0.2, 0.25) is 5.89 Å². The Labute approximate surface area is 134 Å². The molecule has 1 aliphatic rings. The summed E-state index contributed by atoms with van der Waals surface area (Å²) in [6.07, 6.45) is 0.764. The highest BCUT2D eigenvalue weighted by atomic mass is 35.5. The van der Waals surface area contributed by atoms with E-state index in [-0.39, 0.29) is 0 Å². The Balaban J connectivity index is 1.74. The monoisotopic (exact) mass is 322 g/mol. The van der Waals surface area contributed by atoms with Gasteiger partial charge in [0.05, 0.1) is 31.1 Å². The molecule has 22 heavy (non-hydrogen) atoms. The van der Waals surface area contributed by atoms with Gasteiger partial charge in [-0.25, -0.2) is 0 Å². The maximum absolute atomic E-state index is 6.13. The number of hydrogen-bond donors (Lipinski definition) is 1. The Morgan fingerprint density at radius 2 is 2.14 bits per heavy atom. The van der Waals surface area contributed by atoms with E-state index in [9.17, 15) is 0 Å². The second kappa shape index (κ2) is 6.98. The van der Waals surface area contributed by atoms with Crippen molar-refractivity contribution in [3.05, 3.63) is 34.9 Å². The van der Waals surface area contributed by atoms with Crippen LogP contribution in [0.1, 0.15) is 18.6 Å². The maximum Gasteiger partial charge on any atom is 0.245 e. The zero-order chi connectivity index (χ0) is 15.4. The number of halogens is 1. The van der Waals surface area contributed by atoms with Gasteiger partial charge in [-0.1, -0.05) is 23.7 Å². The molecule has 0 unspecified atom stereocenters. The quantitative estimate of drug-likeness (QED) is 0.913. The van der Waals surface area contributed by atoms with Gasteiger partial charge in [-0.15, -0.1) is 0 Å². The molecule has 6 nitrogen and oxygen atoms in total. The topological polar surface area (TPSA) is 63.4 Å². The van der Waals surface area contributed by atoms with Crippen LogP contribution in [0.3, 0.4) is 0 Å². The van der Waals surface area contributed by atoms with E-state index in [0.717, 1.165) is 49.9 Å². The minimum Gasteiger partial charge on any atom is -0.378 e. The third kappa shape index (κ3) is 3.51. The van der Waals surface area contributed by atoms with Crippen LogP contribution in [0.4, 0.5) is 11.4 Å². The van der Waals surface area contributed by atoms with Crippen LogP contribution in [-0.4, -0.2) is 36.4 Å². The average molecular weight is 323 g/mol. The minimum absolute atomic E-state index is 0.477. The lowest BCUT2D eigenvalue weighted by atomic mass is 10.2. The van der Waals surface area contributed by atoms with Crippen molar-refractivity contribution in [1.29, 1.82) is 0 Å². The molecule has 7 heteroatoms. The van der Waals surface area contributed by atoms with Crippen molar-refractivity contribution in [2.24, 2.45) is 0 Å². The zero-order valence-electron chi connectivity index (χ0n) is 12.5. The molecule has 2 aromatic rings. The highest BCUT2D eigenvalue weighted by Crippen LogP contribution is 2.30. The van der Waals surface area contributed by atoms with E-state index < -0.39 is 0 Å². The first-order chi connectivity index (χ1) is 10.8. The van der Waals surface area contributed by atoms with Crippen LogP contribution in [-0.2, 0) is 17.7 Å². The molecule has 1 fully saturated rings. The van der Waals surface area contributed by atoms with Crippen molar-refractivity contribution in [3.63, 3.8) is 0 Å². The number of nitrogens with one attached hydrogen (secondary N) is 1. The molecule has 0 atom stereocenters. The molecule has 0 aliphatic carbocycles. The number of nitrogens with zero attached hydrogens (tertiary/aromatic N) is 3. The molecule has 0 saturated carbocycles. The molecule has 0 radical (unpaired) electrons. The third-order valence-electron chi connectivity index (χ3n) is 3.57. The Hall–Kier alpha value is -1.79. The zero-order valence-corrected chi connectivity index (χ0v) is 13.3. The summed E-state index contributed by atoms with van der Waals surface area (Å²) >= 11 is 6.13. The van der Waals surface area contributed by atoms with Gasteiger partial charge in [0.15, 0.2) is 5.82 Å². The number of hydrogen-bond acceptors (Lipinski definition) is 6. The van der Waals surface area contributed by atoms with Gasteiger partial charge >= 0.3 is 0 Å². The van der Waals surface area contributed by atoms with Gasteiger partial charge in [-0.05, 0) is 18.2 Å². The first kappa shape index (κ1) is 15.1. The van der Waals surface area contributed by atoms with Crippen LogP contribution in [0.2, 0.25) is 5.02 Å². The van der Waals surface area contributed by atoms with E-state index >= 15 is 0 Å². The molecule has 1 aromatic carbocycles. The second-order valence-corrected chi connectivity index (χ2v) is 5.51. The van der Waals surface area contributed by atoms with Crippen molar-refractivity contribution in [2.45, 2.75) is 19.9 Å². The van der Waals surface area contributed by atoms with Gasteiger partial charge in [0.1, 0.15) is 0 Å². The van der Waals surface area contributed by atoms with E-state index in [0.29, 0.717) is 17.5 Å². The molecule has 0 amide bonds. The lowest BCUT2D eigenvalue weighted by Gasteiger charge is -2.30. The summed E-state index contributed by atoms with van der Waals surface area (Å²) in [7, 11) is 0. The first-order valence-electron chi connectivity index (χ1n) is 7.44. The molecule has 2 heterocycles. The number of benzene rings is 1.